The fourth-order valence-electron chi connectivity index (χ4n) is 5.52. The number of hydrogen-bond donors (Lipinski definition) is 3. The molecule has 0 rings (SSSR count). The average molecular weight is 705 g/mol. The van der Waals surface area contributed by atoms with Crippen LogP contribution in [0, 0.1) is 5.92 Å². The second kappa shape index (κ2) is 29.9. The van der Waals surface area contributed by atoms with Gasteiger partial charge in [-0.05, 0) is 25.2 Å². The fraction of sp³-hybridized carbons (Fsp3) is 0.921. The third kappa shape index (κ3) is 31.2. The van der Waals surface area contributed by atoms with Crippen LogP contribution in [0.2, 0.25) is 0 Å². The number of amides is 1. The summed E-state index contributed by atoms with van der Waals surface area (Å²) in [5.41, 5.74) is 0. The van der Waals surface area contributed by atoms with E-state index in [9.17, 15) is 24.5 Å². The van der Waals surface area contributed by atoms with E-state index in [1.165, 1.54) is 96.3 Å². The number of aliphatic hydroxyl groups excluding tert-OH is 2. The second-order valence-electron chi connectivity index (χ2n) is 15.3. The van der Waals surface area contributed by atoms with Crippen molar-refractivity contribution in [3.8, 4) is 0 Å². The van der Waals surface area contributed by atoms with Crippen LogP contribution >= 0.6 is 7.82 Å². The lowest BCUT2D eigenvalue weighted by Crippen LogP contribution is -2.49. The molecule has 286 valence electrons. The maximum absolute atomic E-state index is 12.8. The molecule has 0 saturated heterocycles. The number of phosphoric ester groups is 1. The quantitative estimate of drug-likeness (QED) is 0.0267. The number of unbranched alkanes of at least 4 members (excludes halogenated alkanes) is 18. The largest absolute Gasteiger partial charge is 0.756 e. The van der Waals surface area contributed by atoms with Crippen molar-refractivity contribution in [2.45, 2.75) is 180 Å². The maximum Gasteiger partial charge on any atom is 0.268 e. The number of allylic oxidation sites excluding steroid dienone is 1. The smallest absolute Gasteiger partial charge is 0.268 e. The first-order valence-electron chi connectivity index (χ1n) is 19.5. The monoisotopic (exact) mass is 705 g/mol. The lowest BCUT2D eigenvalue weighted by Gasteiger charge is -2.29. The minimum Gasteiger partial charge on any atom is -0.756 e. The zero-order chi connectivity index (χ0) is 36.1. The number of quaternary nitrogens is 1. The Balaban J connectivity index is 4.67. The zero-order valence-corrected chi connectivity index (χ0v) is 32.9. The number of rotatable bonds is 34. The summed E-state index contributed by atoms with van der Waals surface area (Å²) in [5.74, 6) is 0.135. The lowest BCUT2D eigenvalue weighted by molar-refractivity contribution is -0.870. The van der Waals surface area contributed by atoms with E-state index in [0.29, 0.717) is 17.4 Å². The van der Waals surface area contributed by atoms with Crippen molar-refractivity contribution in [3.05, 3.63) is 12.2 Å². The molecule has 0 bridgehead atoms. The Bertz CT molecular complexity index is 834. The van der Waals surface area contributed by atoms with Crippen LogP contribution in [0.4, 0.5) is 0 Å². The van der Waals surface area contributed by atoms with Gasteiger partial charge in [-0.3, -0.25) is 9.36 Å². The predicted octanol–water partition coefficient (Wildman–Crippen LogP) is 8.22. The summed E-state index contributed by atoms with van der Waals surface area (Å²) in [4.78, 5) is 25.2. The molecule has 1 amide bonds. The van der Waals surface area contributed by atoms with Gasteiger partial charge in [0.25, 0.3) is 7.82 Å². The Kier molecular flexibility index (Phi) is 29.4. The van der Waals surface area contributed by atoms with Crippen LogP contribution in [0.1, 0.15) is 162 Å². The standard InChI is InChI=1S/C38H77N2O7P/c1-7-8-9-10-11-12-13-14-17-21-24-27-30-37(42)38(43)39-35(33-47-48(44,45)46-32-31-40(4,5)6)36(41)29-26-23-20-18-15-16-19-22-25-28-34(2)3/h26,29,34-37,41-42H,7-25,27-28,30-33H2,1-6H3,(H-,39,43,44,45)/b29-26+/t35-,36+,37?/m0/s1. The molecule has 0 aromatic rings. The van der Waals surface area contributed by atoms with Crippen molar-refractivity contribution in [2.24, 2.45) is 5.92 Å². The summed E-state index contributed by atoms with van der Waals surface area (Å²) < 4.78 is 23.0. The SMILES string of the molecule is CCCCCCCCCCCCCCC(O)C(=O)N[C@@H](COP(=O)([O-])OCC[N+](C)(C)C)[C@H](O)/C=C/CCCCCCCCCC(C)C. The van der Waals surface area contributed by atoms with Crippen molar-refractivity contribution in [1.29, 1.82) is 0 Å². The molecular weight excluding hydrogens is 627 g/mol. The highest BCUT2D eigenvalue weighted by molar-refractivity contribution is 7.45. The van der Waals surface area contributed by atoms with Crippen LogP contribution in [0.5, 0.6) is 0 Å². The highest BCUT2D eigenvalue weighted by Crippen LogP contribution is 2.38. The first-order valence-corrected chi connectivity index (χ1v) is 21.0. The summed E-state index contributed by atoms with van der Waals surface area (Å²) in [6.45, 7) is 6.70. The van der Waals surface area contributed by atoms with Crippen molar-refractivity contribution < 1.29 is 38.0 Å². The molecule has 3 N–H and O–H groups in total. The molecule has 2 unspecified atom stereocenters. The number of hydrogen-bond acceptors (Lipinski definition) is 7. The van der Waals surface area contributed by atoms with E-state index in [4.69, 9.17) is 9.05 Å². The average Bonchev–Trinajstić information content (AvgIpc) is 3.01. The first kappa shape index (κ1) is 47.2. The minimum absolute atomic E-state index is 0.0422. The molecule has 0 aromatic heterocycles. The van der Waals surface area contributed by atoms with Gasteiger partial charge in [0.1, 0.15) is 19.3 Å². The van der Waals surface area contributed by atoms with Crippen molar-refractivity contribution in [2.75, 3.05) is 40.9 Å². The van der Waals surface area contributed by atoms with Crippen molar-refractivity contribution in [3.63, 3.8) is 0 Å². The van der Waals surface area contributed by atoms with Crippen LogP contribution < -0.4 is 10.2 Å². The molecule has 0 heterocycles. The van der Waals surface area contributed by atoms with Crippen LogP contribution in [-0.4, -0.2) is 79.8 Å². The Morgan fingerprint density at radius 2 is 1.25 bits per heavy atom. The van der Waals surface area contributed by atoms with Gasteiger partial charge in [-0.2, -0.15) is 0 Å². The van der Waals surface area contributed by atoms with Gasteiger partial charge in [0.15, 0.2) is 0 Å². The lowest BCUT2D eigenvalue weighted by atomic mass is 10.0. The topological polar surface area (TPSA) is 128 Å². The summed E-state index contributed by atoms with van der Waals surface area (Å²) in [7, 11) is 1.12. The predicted molar refractivity (Wildman–Crippen MR) is 198 cm³/mol. The van der Waals surface area contributed by atoms with Gasteiger partial charge >= 0.3 is 0 Å². The van der Waals surface area contributed by atoms with Gasteiger partial charge in [-0.1, -0.05) is 155 Å². The molecule has 0 aliphatic heterocycles. The number of nitrogens with zero attached hydrogens (tertiary/aromatic N) is 1. The van der Waals surface area contributed by atoms with Gasteiger partial charge in [0.2, 0.25) is 5.91 Å². The van der Waals surface area contributed by atoms with Crippen LogP contribution in [0.15, 0.2) is 12.2 Å². The Labute approximate surface area is 295 Å². The summed E-state index contributed by atoms with van der Waals surface area (Å²) >= 11 is 0. The van der Waals surface area contributed by atoms with E-state index in [1.54, 1.807) is 6.08 Å². The number of carbonyl (C=O) groups is 1. The Morgan fingerprint density at radius 1 is 0.771 bits per heavy atom. The molecule has 0 fully saturated rings. The van der Waals surface area contributed by atoms with Gasteiger partial charge in [-0.15, -0.1) is 0 Å². The molecule has 0 spiro atoms. The van der Waals surface area contributed by atoms with Crippen LogP contribution in [0.3, 0.4) is 0 Å². The molecule has 0 saturated carbocycles. The van der Waals surface area contributed by atoms with Gasteiger partial charge < -0.3 is 34.0 Å². The molecule has 0 aliphatic carbocycles. The van der Waals surface area contributed by atoms with Crippen LogP contribution in [0.25, 0.3) is 0 Å². The van der Waals surface area contributed by atoms with E-state index in [0.717, 1.165) is 44.4 Å². The van der Waals surface area contributed by atoms with E-state index in [1.807, 2.05) is 27.2 Å². The van der Waals surface area contributed by atoms with E-state index in [2.05, 4.69) is 26.1 Å². The molecule has 9 nitrogen and oxygen atoms in total. The molecule has 10 heteroatoms. The number of likely N-dealkylation sites (N-methyl/N-ethyl adjacent to an activating group) is 1. The number of aliphatic hydroxyl groups is 2. The molecule has 4 atom stereocenters. The third-order valence-corrected chi connectivity index (χ3v) is 9.75. The van der Waals surface area contributed by atoms with E-state index >= 15 is 0 Å². The fourth-order valence-corrected chi connectivity index (χ4v) is 6.24. The maximum atomic E-state index is 12.8. The molecule has 0 aliphatic rings. The van der Waals surface area contributed by atoms with Crippen molar-refractivity contribution >= 4 is 13.7 Å². The molecule has 0 aromatic carbocycles. The second-order valence-corrected chi connectivity index (χ2v) is 16.7. The highest BCUT2D eigenvalue weighted by Gasteiger charge is 2.25. The number of carbonyl (C=O) groups excluding carboxylic acids is 1. The first-order chi connectivity index (χ1) is 22.8. The van der Waals surface area contributed by atoms with Gasteiger partial charge in [0.05, 0.1) is 39.9 Å². The van der Waals surface area contributed by atoms with Crippen LogP contribution in [-0.2, 0) is 18.4 Å². The highest BCUT2D eigenvalue weighted by atomic mass is 31.2. The van der Waals surface area contributed by atoms with Crippen molar-refractivity contribution in [1.82, 2.24) is 5.32 Å². The summed E-state index contributed by atoms with van der Waals surface area (Å²) in [5, 5.41) is 24.0. The molecule has 0 radical (unpaired) electrons. The minimum atomic E-state index is -4.65. The molecule has 48 heavy (non-hydrogen) atoms. The normalized spacial score (nSPS) is 15.5. The molecular formula is C38H77N2O7P. The number of nitrogens with one attached hydrogen (secondary N) is 1. The van der Waals surface area contributed by atoms with E-state index in [-0.39, 0.29) is 6.61 Å². The van der Waals surface area contributed by atoms with E-state index < -0.39 is 38.6 Å². The Morgan fingerprint density at radius 3 is 1.75 bits per heavy atom. The Hall–Kier alpha value is -0.800. The van der Waals surface area contributed by atoms with Gasteiger partial charge in [0, 0.05) is 0 Å². The third-order valence-electron chi connectivity index (χ3n) is 8.78. The van der Waals surface area contributed by atoms with Gasteiger partial charge in [-0.25, -0.2) is 0 Å². The number of phosphoric acid groups is 1. The summed E-state index contributed by atoms with van der Waals surface area (Å²) in [6.07, 6.45) is 26.2. The summed E-state index contributed by atoms with van der Waals surface area (Å²) in [6, 6.07) is -1.06. The zero-order valence-electron chi connectivity index (χ0n) is 32.0.